The van der Waals surface area contributed by atoms with Crippen LogP contribution < -0.4 is 10.6 Å². The molecule has 0 aliphatic carbocycles. The molecule has 0 aromatic carbocycles. The van der Waals surface area contributed by atoms with Crippen LogP contribution in [0, 0.1) is 18.8 Å². The van der Waals surface area contributed by atoms with Gasteiger partial charge < -0.3 is 9.88 Å². The molecule has 3 heterocycles. The van der Waals surface area contributed by atoms with Crippen molar-refractivity contribution in [3.05, 3.63) is 58.9 Å². The predicted octanol–water partition coefficient (Wildman–Crippen LogP) is 4.34. The molecule has 2 amide bonds. The van der Waals surface area contributed by atoms with Crippen LogP contribution in [-0.2, 0) is 13.0 Å². The lowest BCUT2D eigenvalue weighted by atomic mass is 10.3. The third-order valence-electron chi connectivity index (χ3n) is 3.70. The molecule has 0 atom stereocenters. The van der Waals surface area contributed by atoms with Gasteiger partial charge in [0.2, 0.25) is 6.43 Å². The number of nitrogens with zero attached hydrogens (tertiary/aromatic N) is 4. The highest BCUT2D eigenvalue weighted by Gasteiger charge is 2.10. The van der Waals surface area contributed by atoms with Gasteiger partial charge >= 0.3 is 6.03 Å². The van der Waals surface area contributed by atoms with Crippen molar-refractivity contribution in [3.8, 4) is 11.8 Å². The minimum absolute atomic E-state index is 0.315. The molecule has 0 saturated carbocycles. The number of urea groups is 1. The Balaban J connectivity index is 0.000000890. The number of hydrogen-bond donors (Lipinski definition) is 2. The van der Waals surface area contributed by atoms with Crippen molar-refractivity contribution < 1.29 is 22.4 Å². The Morgan fingerprint density at radius 2 is 2.03 bits per heavy atom. The summed E-state index contributed by atoms with van der Waals surface area (Å²) in [4.78, 5) is 25.1. The number of nitrogens with one attached hydrogen (secondary N) is 2. The molecule has 0 aliphatic rings. The zero-order chi connectivity index (χ0) is 24.2. The first-order chi connectivity index (χ1) is 15.7. The van der Waals surface area contributed by atoms with Crippen LogP contribution in [0.3, 0.4) is 0 Å². The van der Waals surface area contributed by atoms with Crippen molar-refractivity contribution in [3.63, 3.8) is 0 Å². The van der Waals surface area contributed by atoms with Crippen LogP contribution >= 0.6 is 11.3 Å². The molecule has 33 heavy (non-hydrogen) atoms. The quantitative estimate of drug-likeness (QED) is 0.404. The van der Waals surface area contributed by atoms with Crippen molar-refractivity contribution in [2.45, 2.75) is 39.7 Å². The lowest BCUT2D eigenvalue weighted by Crippen LogP contribution is -2.30. The van der Waals surface area contributed by atoms with Gasteiger partial charge in [-0.3, -0.25) is 10.3 Å². The second-order valence-electron chi connectivity index (χ2n) is 6.53. The van der Waals surface area contributed by atoms with Crippen LogP contribution in [0.5, 0.6) is 0 Å². The summed E-state index contributed by atoms with van der Waals surface area (Å²) < 4.78 is 46.7. The number of thiazole rings is 1. The number of carbonyl (C=O) groups excluding carboxylic acids is 1. The number of imidazole rings is 1. The minimum atomic E-state index is -2.43. The molecule has 0 spiro atoms. The molecule has 0 aliphatic heterocycles. The molecule has 2 N–H and O–H groups in total. The molecule has 0 radical (unpaired) electrons. The SMILES string of the molecule is CC(F)F.Cc1nc(NC(=O)NCCc2cn(CC(F)F)cn2)sc1C#Cc1cccnc1. The number of pyridine rings is 1. The van der Waals surface area contributed by atoms with Crippen LogP contribution in [0.4, 0.5) is 27.5 Å². The van der Waals surface area contributed by atoms with Crippen molar-refractivity contribution in [2.75, 3.05) is 11.9 Å². The molecule has 0 fully saturated rings. The van der Waals surface area contributed by atoms with Crippen LogP contribution in [0.2, 0.25) is 0 Å². The molecule has 12 heteroatoms. The molecule has 0 unspecified atom stereocenters. The first kappa shape index (κ1) is 25.8. The molecule has 0 saturated heterocycles. The normalized spacial score (nSPS) is 10.3. The van der Waals surface area contributed by atoms with E-state index >= 15 is 0 Å². The summed E-state index contributed by atoms with van der Waals surface area (Å²) in [5, 5.41) is 5.80. The number of amides is 2. The maximum absolute atomic E-state index is 12.3. The largest absolute Gasteiger partial charge is 0.337 e. The predicted molar refractivity (Wildman–Crippen MR) is 118 cm³/mol. The minimum Gasteiger partial charge on any atom is -0.337 e. The smallest absolute Gasteiger partial charge is 0.321 e. The van der Waals surface area contributed by atoms with Gasteiger partial charge in [0.05, 0.1) is 24.3 Å². The molecule has 3 aromatic rings. The summed E-state index contributed by atoms with van der Waals surface area (Å²) in [6.45, 7) is 2.58. The van der Waals surface area contributed by atoms with Gasteiger partial charge in [-0.25, -0.2) is 32.3 Å². The Morgan fingerprint density at radius 3 is 2.70 bits per heavy atom. The van der Waals surface area contributed by atoms with Gasteiger partial charge in [-0.15, -0.1) is 0 Å². The molecular weight excluding hydrogens is 460 g/mol. The molecule has 3 rings (SSSR count). The van der Waals surface area contributed by atoms with E-state index in [0.717, 1.165) is 23.1 Å². The Kier molecular flexibility index (Phi) is 10.3. The number of aromatic nitrogens is 4. The average Bonchev–Trinajstić information content (AvgIpc) is 3.32. The first-order valence-electron chi connectivity index (χ1n) is 9.74. The summed E-state index contributed by atoms with van der Waals surface area (Å²) in [5.74, 6) is 6.04. The third kappa shape index (κ3) is 10.1. The topological polar surface area (TPSA) is 84.7 Å². The fourth-order valence-electron chi connectivity index (χ4n) is 2.37. The molecule has 0 bridgehead atoms. The summed E-state index contributed by atoms with van der Waals surface area (Å²) in [6, 6.07) is 3.27. The Bertz CT molecular complexity index is 1070. The van der Waals surface area contributed by atoms with Crippen LogP contribution in [0.25, 0.3) is 0 Å². The van der Waals surface area contributed by atoms with E-state index in [1.165, 1.54) is 22.2 Å². The highest BCUT2D eigenvalue weighted by atomic mass is 32.1. The van der Waals surface area contributed by atoms with E-state index in [9.17, 15) is 22.4 Å². The highest BCUT2D eigenvalue weighted by molar-refractivity contribution is 7.16. The number of carbonyl (C=O) groups is 1. The summed E-state index contributed by atoms with van der Waals surface area (Å²) in [7, 11) is 0. The number of halogens is 4. The molecule has 7 nitrogen and oxygen atoms in total. The van der Waals surface area contributed by atoms with Gasteiger partial charge in [-0.1, -0.05) is 17.3 Å². The van der Waals surface area contributed by atoms with E-state index in [1.54, 1.807) is 18.6 Å². The number of hydrogen-bond acceptors (Lipinski definition) is 5. The number of rotatable bonds is 6. The van der Waals surface area contributed by atoms with Crippen LogP contribution in [-0.4, -0.2) is 44.9 Å². The van der Waals surface area contributed by atoms with Gasteiger partial charge in [-0.2, -0.15) is 0 Å². The Morgan fingerprint density at radius 1 is 1.27 bits per heavy atom. The Hall–Kier alpha value is -3.46. The monoisotopic (exact) mass is 482 g/mol. The van der Waals surface area contributed by atoms with E-state index in [-0.39, 0.29) is 0 Å². The number of anilines is 1. The number of alkyl halides is 4. The lowest BCUT2D eigenvalue weighted by Gasteiger charge is -2.04. The van der Waals surface area contributed by atoms with Crippen molar-refractivity contribution in [2.24, 2.45) is 0 Å². The van der Waals surface area contributed by atoms with Gasteiger partial charge in [0.25, 0.3) is 6.43 Å². The lowest BCUT2D eigenvalue weighted by molar-refractivity contribution is 0.126. The summed E-state index contributed by atoms with van der Waals surface area (Å²) in [6.07, 6.45) is 2.09. The van der Waals surface area contributed by atoms with E-state index < -0.39 is 25.4 Å². The van der Waals surface area contributed by atoms with E-state index in [2.05, 4.69) is 37.4 Å². The van der Waals surface area contributed by atoms with Gasteiger partial charge in [0.1, 0.15) is 4.88 Å². The number of aryl methyl sites for hydroxylation is 1. The van der Waals surface area contributed by atoms with Gasteiger partial charge in [0.15, 0.2) is 5.13 Å². The molecule has 176 valence electrons. The van der Waals surface area contributed by atoms with Crippen LogP contribution in [0.1, 0.15) is 28.8 Å². The second-order valence-corrected chi connectivity index (χ2v) is 7.53. The van der Waals surface area contributed by atoms with Crippen molar-refractivity contribution >= 4 is 22.5 Å². The van der Waals surface area contributed by atoms with E-state index in [1.807, 2.05) is 19.1 Å². The maximum Gasteiger partial charge on any atom is 0.321 e. The molecule has 3 aromatic heterocycles. The van der Waals surface area contributed by atoms with Gasteiger partial charge in [0, 0.05) is 37.1 Å². The standard InChI is InChI=1S/C19H18F2N6OS.C2H4F2/c1-13-16(5-4-14-3-2-7-22-9-14)29-19(25-13)26-18(28)23-8-6-15-10-27(12-24-15)11-17(20)21;1-2(3)4/h2-3,7,9-10,12,17H,6,8,11H2,1H3,(H2,23,25,26,28);2H,1H3. The zero-order valence-electron chi connectivity index (χ0n) is 17.9. The summed E-state index contributed by atoms with van der Waals surface area (Å²) in [5.41, 5.74) is 2.15. The van der Waals surface area contributed by atoms with Crippen molar-refractivity contribution in [1.29, 1.82) is 0 Å². The molecular formula is C21H22F4N6OS. The van der Waals surface area contributed by atoms with Gasteiger partial charge in [-0.05, 0) is 31.9 Å². The van der Waals surface area contributed by atoms with E-state index in [4.69, 9.17) is 0 Å². The third-order valence-corrected chi connectivity index (χ3v) is 4.69. The maximum atomic E-state index is 12.3. The van der Waals surface area contributed by atoms with Crippen molar-refractivity contribution in [1.82, 2.24) is 24.8 Å². The first-order valence-corrected chi connectivity index (χ1v) is 10.6. The average molecular weight is 483 g/mol. The fraction of sp³-hybridized carbons (Fsp3) is 0.333. The highest BCUT2D eigenvalue weighted by Crippen LogP contribution is 2.21. The van der Waals surface area contributed by atoms with E-state index in [0.29, 0.717) is 23.8 Å². The Labute approximate surface area is 192 Å². The summed E-state index contributed by atoms with van der Waals surface area (Å²) >= 11 is 1.28. The fourth-order valence-corrected chi connectivity index (χ4v) is 3.19. The zero-order valence-corrected chi connectivity index (χ0v) is 18.7. The van der Waals surface area contributed by atoms with Crippen LogP contribution in [0.15, 0.2) is 37.1 Å². The second kappa shape index (κ2) is 13.2.